The van der Waals surface area contributed by atoms with Crippen LogP contribution in [0.3, 0.4) is 0 Å². The lowest BCUT2D eigenvalue weighted by Gasteiger charge is -2.34. The summed E-state index contributed by atoms with van der Waals surface area (Å²) >= 11 is -0.109. The Balaban J connectivity index is 1.21. The van der Waals surface area contributed by atoms with Crippen LogP contribution >= 0.6 is 11.8 Å². The van der Waals surface area contributed by atoms with Gasteiger partial charge in [-0.25, -0.2) is 0 Å². The maximum Gasteiger partial charge on any atom is 0.446 e. The summed E-state index contributed by atoms with van der Waals surface area (Å²) in [5.41, 5.74) is -0.751. The quantitative estimate of drug-likeness (QED) is 0.385. The smallest absolute Gasteiger partial charge is 0.381 e. The van der Waals surface area contributed by atoms with E-state index in [1.54, 1.807) is 12.1 Å². The number of rotatable bonds is 7. The van der Waals surface area contributed by atoms with Crippen LogP contribution in [0.15, 0.2) is 53.4 Å². The molecular formula is C30H41F3N4OS. The van der Waals surface area contributed by atoms with Gasteiger partial charge in [0.25, 0.3) is 0 Å². The average molecular weight is 563 g/mol. The maximum atomic E-state index is 13.1. The Bertz CT molecular complexity index is 1070. The van der Waals surface area contributed by atoms with Gasteiger partial charge in [-0.2, -0.15) is 13.2 Å². The Morgan fingerprint density at radius 3 is 2.31 bits per heavy atom. The summed E-state index contributed by atoms with van der Waals surface area (Å²) in [5.74, 6) is 0.178. The van der Waals surface area contributed by atoms with Gasteiger partial charge in [0.15, 0.2) is 0 Å². The Labute approximate surface area is 235 Å². The lowest BCUT2D eigenvalue weighted by Crippen LogP contribution is -2.46. The zero-order chi connectivity index (χ0) is 28.0. The van der Waals surface area contributed by atoms with E-state index in [0.717, 1.165) is 64.2 Å². The highest BCUT2D eigenvalue weighted by atomic mass is 32.2. The van der Waals surface area contributed by atoms with E-state index in [1.807, 2.05) is 4.90 Å². The van der Waals surface area contributed by atoms with Crippen molar-refractivity contribution in [2.24, 2.45) is 0 Å². The number of likely N-dealkylation sites (tertiary alicyclic amines) is 1. The predicted octanol–water partition coefficient (Wildman–Crippen LogP) is 6.60. The minimum atomic E-state index is -4.29. The molecular weight excluding hydrogens is 521 g/mol. The molecule has 2 heterocycles. The van der Waals surface area contributed by atoms with Crippen molar-refractivity contribution in [2.75, 3.05) is 56.0 Å². The van der Waals surface area contributed by atoms with Crippen LogP contribution < -0.4 is 10.2 Å². The van der Waals surface area contributed by atoms with E-state index in [9.17, 15) is 18.0 Å². The van der Waals surface area contributed by atoms with Gasteiger partial charge >= 0.3 is 5.51 Å². The van der Waals surface area contributed by atoms with Gasteiger partial charge in [0.2, 0.25) is 5.91 Å². The van der Waals surface area contributed by atoms with E-state index >= 15 is 0 Å². The van der Waals surface area contributed by atoms with Gasteiger partial charge < -0.3 is 20.0 Å². The molecule has 1 amide bonds. The molecule has 4 rings (SSSR count). The highest BCUT2D eigenvalue weighted by Crippen LogP contribution is 2.37. The van der Waals surface area contributed by atoms with Crippen molar-refractivity contribution in [1.82, 2.24) is 9.80 Å². The number of thioether (sulfide) groups is 1. The van der Waals surface area contributed by atoms with E-state index in [2.05, 4.69) is 60.2 Å². The summed E-state index contributed by atoms with van der Waals surface area (Å²) in [6.07, 6.45) is 3.43. The van der Waals surface area contributed by atoms with Crippen LogP contribution in [0.5, 0.6) is 0 Å². The first-order valence-electron chi connectivity index (χ1n) is 13.9. The van der Waals surface area contributed by atoms with Gasteiger partial charge in [0.1, 0.15) is 0 Å². The molecule has 39 heavy (non-hydrogen) atoms. The normalized spacial score (nSPS) is 19.6. The van der Waals surface area contributed by atoms with Crippen molar-refractivity contribution < 1.29 is 18.0 Å². The number of anilines is 2. The fraction of sp³-hybridized carbons (Fsp3) is 0.567. The summed E-state index contributed by atoms with van der Waals surface area (Å²) in [6, 6.07) is 15.4. The second-order valence-electron chi connectivity index (χ2n) is 11.6. The number of alkyl halides is 3. The molecule has 0 aromatic heterocycles. The molecule has 0 unspecified atom stereocenters. The molecule has 2 aromatic rings. The minimum absolute atomic E-state index is 0.0974. The topological polar surface area (TPSA) is 38.8 Å². The van der Waals surface area contributed by atoms with Gasteiger partial charge in [0.05, 0.1) is 0 Å². The molecule has 214 valence electrons. The summed E-state index contributed by atoms with van der Waals surface area (Å²) in [4.78, 5) is 20.0. The fourth-order valence-electron chi connectivity index (χ4n) is 5.35. The van der Waals surface area contributed by atoms with Crippen LogP contribution in [0.2, 0.25) is 0 Å². The number of nitrogens with one attached hydrogen (secondary N) is 1. The van der Waals surface area contributed by atoms with Crippen LogP contribution in [0.4, 0.5) is 24.5 Å². The van der Waals surface area contributed by atoms with E-state index in [4.69, 9.17) is 0 Å². The largest absolute Gasteiger partial charge is 0.446 e. The number of halogens is 3. The summed E-state index contributed by atoms with van der Waals surface area (Å²) in [6.45, 7) is 12.8. The van der Waals surface area contributed by atoms with E-state index in [0.29, 0.717) is 13.0 Å². The maximum absolute atomic E-state index is 13.1. The summed E-state index contributed by atoms with van der Waals surface area (Å²) < 4.78 is 37.7. The zero-order valence-corrected chi connectivity index (χ0v) is 24.1. The molecule has 2 aliphatic heterocycles. The third kappa shape index (κ3) is 9.07. The van der Waals surface area contributed by atoms with Crippen molar-refractivity contribution in [2.45, 2.75) is 68.3 Å². The van der Waals surface area contributed by atoms with Crippen LogP contribution in [-0.2, 0) is 10.2 Å². The summed E-state index contributed by atoms with van der Waals surface area (Å²) in [5, 5.41) is 3.40. The predicted molar refractivity (Wildman–Crippen MR) is 155 cm³/mol. The Morgan fingerprint density at radius 1 is 0.923 bits per heavy atom. The molecule has 9 heteroatoms. The van der Waals surface area contributed by atoms with E-state index in [1.165, 1.54) is 23.4 Å². The highest BCUT2D eigenvalue weighted by molar-refractivity contribution is 8.00. The van der Waals surface area contributed by atoms with Crippen molar-refractivity contribution in [3.8, 4) is 0 Å². The summed E-state index contributed by atoms with van der Waals surface area (Å²) in [7, 11) is 0. The molecule has 2 saturated heterocycles. The van der Waals surface area contributed by atoms with Crippen molar-refractivity contribution in [1.29, 1.82) is 0 Å². The molecule has 0 spiro atoms. The van der Waals surface area contributed by atoms with Crippen molar-refractivity contribution in [3.05, 3.63) is 54.1 Å². The van der Waals surface area contributed by atoms with Gasteiger partial charge in [-0.1, -0.05) is 32.9 Å². The molecule has 0 aliphatic carbocycles. The Kier molecular flexibility index (Phi) is 9.75. The fourth-order valence-corrected chi connectivity index (χ4v) is 5.89. The molecule has 2 aromatic carbocycles. The van der Waals surface area contributed by atoms with Gasteiger partial charge in [-0.05, 0) is 84.9 Å². The molecule has 0 saturated carbocycles. The third-order valence-electron chi connectivity index (χ3n) is 7.56. The number of piperidine rings is 1. The molecule has 0 radical (unpaired) electrons. The molecule has 1 N–H and O–H groups in total. The first-order chi connectivity index (χ1) is 18.5. The number of hydrogen-bond acceptors (Lipinski definition) is 5. The van der Waals surface area contributed by atoms with Crippen LogP contribution in [0, 0.1) is 0 Å². The average Bonchev–Trinajstić information content (AvgIpc) is 3.13. The van der Waals surface area contributed by atoms with E-state index in [-0.39, 0.29) is 34.0 Å². The number of hydrogen-bond donors (Lipinski definition) is 1. The number of amides is 1. The monoisotopic (exact) mass is 562 g/mol. The first-order valence-corrected chi connectivity index (χ1v) is 14.8. The van der Waals surface area contributed by atoms with Gasteiger partial charge in [0, 0.05) is 68.0 Å². The van der Waals surface area contributed by atoms with Crippen LogP contribution in [-0.4, -0.2) is 73.1 Å². The second-order valence-corrected chi connectivity index (χ2v) is 12.8. The standard InChI is InChI=1S/C30H41F3N4OS/c1-29(2,3)23-7-11-26(12-8-23)36-18-5-16-35(20-21-36)19-15-28(38)37-17-4-6-25(22-37)34-24-9-13-27(14-10-24)39-30(31,32)33/h7-14,25,34H,4-6,15-22H2,1-3H3/t25-/m0/s1. The SMILES string of the molecule is CC(C)(C)c1ccc(N2CCCN(CCC(=O)N3CCC[C@H](Nc4ccc(SC(F)(F)F)cc4)C3)CC2)cc1. The highest BCUT2D eigenvalue weighted by Gasteiger charge is 2.29. The minimum Gasteiger partial charge on any atom is -0.381 e. The number of nitrogens with zero attached hydrogens (tertiary/aromatic N) is 3. The number of benzene rings is 2. The van der Waals surface area contributed by atoms with Crippen molar-refractivity contribution >= 4 is 29.0 Å². The van der Waals surface area contributed by atoms with Gasteiger partial charge in [-0.15, -0.1) is 0 Å². The first kappa shape index (κ1) is 29.6. The molecule has 2 aliphatic rings. The zero-order valence-electron chi connectivity index (χ0n) is 23.3. The third-order valence-corrected chi connectivity index (χ3v) is 8.30. The molecule has 5 nitrogen and oxygen atoms in total. The lowest BCUT2D eigenvalue weighted by molar-refractivity contribution is -0.132. The van der Waals surface area contributed by atoms with Crippen LogP contribution in [0.1, 0.15) is 52.0 Å². The van der Waals surface area contributed by atoms with E-state index < -0.39 is 5.51 Å². The molecule has 2 fully saturated rings. The van der Waals surface area contributed by atoms with Crippen molar-refractivity contribution in [3.63, 3.8) is 0 Å². The van der Waals surface area contributed by atoms with Gasteiger partial charge in [-0.3, -0.25) is 4.79 Å². The Morgan fingerprint density at radius 2 is 1.64 bits per heavy atom. The molecule has 0 bridgehead atoms. The molecule has 1 atom stereocenters. The lowest BCUT2D eigenvalue weighted by atomic mass is 9.87. The number of carbonyl (C=O) groups excluding carboxylic acids is 1. The number of carbonyl (C=O) groups is 1. The second kappa shape index (κ2) is 12.9. The Hall–Kier alpha value is -2.39. The van der Waals surface area contributed by atoms with Crippen LogP contribution in [0.25, 0.3) is 0 Å².